The van der Waals surface area contributed by atoms with Gasteiger partial charge in [0.1, 0.15) is 5.82 Å². The third-order valence-corrected chi connectivity index (χ3v) is 4.39. The van der Waals surface area contributed by atoms with Crippen molar-refractivity contribution in [1.82, 2.24) is 5.32 Å². The highest BCUT2D eigenvalue weighted by Gasteiger charge is 2.38. The molecule has 2 N–H and O–H groups in total. The normalized spacial score (nSPS) is 23.0. The molecule has 0 amide bonds. The summed E-state index contributed by atoms with van der Waals surface area (Å²) in [5.74, 6) is -0.300. The fourth-order valence-corrected chi connectivity index (χ4v) is 4.10. The van der Waals surface area contributed by atoms with E-state index in [1.165, 1.54) is 18.6 Å². The maximum Gasteiger partial charge on any atom is 0.123 e. The summed E-state index contributed by atoms with van der Waals surface area (Å²) in [6.07, 6.45) is 2.80. The number of hydrogen-bond acceptors (Lipinski definition) is 2. The quantitative estimate of drug-likeness (QED) is 0.877. The van der Waals surface area contributed by atoms with Crippen LogP contribution < -0.4 is 5.32 Å². The van der Waals surface area contributed by atoms with E-state index < -0.39 is 6.10 Å². The van der Waals surface area contributed by atoms with Gasteiger partial charge in [-0.05, 0) is 47.8 Å². The average Bonchev–Trinajstić information content (AvgIpc) is 2.32. The van der Waals surface area contributed by atoms with Crippen LogP contribution in [0.25, 0.3) is 0 Å². The SMILES string of the molecule is CC1(C)CC(NCC(O)c2cccc(F)c2)CC(C)(C)C1. The Hall–Kier alpha value is -0.930. The van der Waals surface area contributed by atoms with Crippen molar-refractivity contribution in [3.05, 3.63) is 35.6 Å². The van der Waals surface area contributed by atoms with E-state index in [2.05, 4.69) is 33.0 Å². The van der Waals surface area contributed by atoms with E-state index in [1.54, 1.807) is 12.1 Å². The average molecular weight is 293 g/mol. The maximum atomic E-state index is 13.2. The van der Waals surface area contributed by atoms with Crippen molar-refractivity contribution in [3.8, 4) is 0 Å². The third kappa shape index (κ3) is 4.79. The van der Waals surface area contributed by atoms with Crippen molar-refractivity contribution in [2.75, 3.05) is 6.54 Å². The Balaban J connectivity index is 1.93. The molecule has 1 saturated carbocycles. The summed E-state index contributed by atoms with van der Waals surface area (Å²) in [6, 6.07) is 6.62. The van der Waals surface area contributed by atoms with Gasteiger partial charge in [0.15, 0.2) is 0 Å². The largest absolute Gasteiger partial charge is 0.387 e. The second-order valence-electron chi connectivity index (χ2n) is 8.09. The van der Waals surface area contributed by atoms with Crippen LogP contribution in [0.3, 0.4) is 0 Å². The molecule has 21 heavy (non-hydrogen) atoms. The summed E-state index contributed by atoms with van der Waals surface area (Å²) in [5, 5.41) is 13.7. The summed E-state index contributed by atoms with van der Waals surface area (Å²) in [6.45, 7) is 9.72. The van der Waals surface area contributed by atoms with Gasteiger partial charge >= 0.3 is 0 Å². The van der Waals surface area contributed by atoms with Crippen LogP contribution in [0.4, 0.5) is 4.39 Å². The van der Waals surface area contributed by atoms with Crippen molar-refractivity contribution in [3.63, 3.8) is 0 Å². The maximum absolute atomic E-state index is 13.2. The van der Waals surface area contributed by atoms with E-state index in [0.717, 1.165) is 12.8 Å². The molecule has 1 aromatic rings. The first kappa shape index (κ1) is 16.4. The zero-order chi connectivity index (χ0) is 15.7. The molecule has 0 aliphatic heterocycles. The number of benzene rings is 1. The topological polar surface area (TPSA) is 32.3 Å². The van der Waals surface area contributed by atoms with Crippen molar-refractivity contribution in [2.24, 2.45) is 10.8 Å². The molecule has 0 heterocycles. The summed E-state index contributed by atoms with van der Waals surface area (Å²) in [4.78, 5) is 0. The molecule has 1 unspecified atom stereocenters. The van der Waals surface area contributed by atoms with Crippen LogP contribution in [0.15, 0.2) is 24.3 Å². The number of nitrogens with one attached hydrogen (secondary N) is 1. The molecule has 1 atom stereocenters. The van der Waals surface area contributed by atoms with Crippen molar-refractivity contribution in [1.29, 1.82) is 0 Å². The van der Waals surface area contributed by atoms with Gasteiger partial charge in [-0.2, -0.15) is 0 Å². The van der Waals surface area contributed by atoms with Crippen molar-refractivity contribution >= 4 is 0 Å². The number of halogens is 1. The Morgan fingerprint density at radius 2 is 1.86 bits per heavy atom. The smallest absolute Gasteiger partial charge is 0.123 e. The molecule has 0 spiro atoms. The molecule has 1 fully saturated rings. The fraction of sp³-hybridized carbons (Fsp3) is 0.667. The highest BCUT2D eigenvalue weighted by atomic mass is 19.1. The molecule has 118 valence electrons. The van der Waals surface area contributed by atoms with Crippen LogP contribution >= 0.6 is 0 Å². The van der Waals surface area contributed by atoms with E-state index >= 15 is 0 Å². The monoisotopic (exact) mass is 293 g/mol. The second-order valence-corrected chi connectivity index (χ2v) is 8.09. The highest BCUT2D eigenvalue weighted by Crippen LogP contribution is 2.45. The summed E-state index contributed by atoms with van der Waals surface area (Å²) < 4.78 is 13.2. The molecule has 1 aliphatic carbocycles. The first-order valence-electron chi connectivity index (χ1n) is 7.84. The van der Waals surface area contributed by atoms with Crippen LogP contribution in [-0.4, -0.2) is 17.7 Å². The lowest BCUT2D eigenvalue weighted by Gasteiger charge is -2.45. The zero-order valence-electron chi connectivity index (χ0n) is 13.6. The van der Waals surface area contributed by atoms with Crippen molar-refractivity contribution in [2.45, 2.75) is 59.1 Å². The fourth-order valence-electron chi connectivity index (χ4n) is 4.10. The Bertz CT molecular complexity index is 468. The highest BCUT2D eigenvalue weighted by molar-refractivity contribution is 5.19. The number of rotatable bonds is 4. The molecular weight excluding hydrogens is 265 g/mol. The van der Waals surface area contributed by atoms with E-state index in [0.29, 0.717) is 29.0 Å². The summed E-state index contributed by atoms with van der Waals surface area (Å²) in [7, 11) is 0. The molecule has 2 rings (SSSR count). The van der Waals surface area contributed by atoms with Crippen LogP contribution in [0.5, 0.6) is 0 Å². The third-order valence-electron chi connectivity index (χ3n) is 4.39. The Morgan fingerprint density at radius 1 is 1.24 bits per heavy atom. The lowest BCUT2D eigenvalue weighted by atomic mass is 9.63. The molecule has 0 saturated heterocycles. The van der Waals surface area contributed by atoms with Gasteiger partial charge in [0.25, 0.3) is 0 Å². The molecule has 1 aliphatic rings. The van der Waals surface area contributed by atoms with E-state index in [-0.39, 0.29) is 5.82 Å². The molecule has 2 nitrogen and oxygen atoms in total. The van der Waals surface area contributed by atoms with Gasteiger partial charge in [0, 0.05) is 12.6 Å². The predicted octanol–water partition coefficient (Wildman–Crippen LogP) is 4.05. The lowest BCUT2D eigenvalue weighted by molar-refractivity contribution is 0.0760. The minimum Gasteiger partial charge on any atom is -0.387 e. The van der Waals surface area contributed by atoms with Gasteiger partial charge in [-0.15, -0.1) is 0 Å². The van der Waals surface area contributed by atoms with Gasteiger partial charge in [-0.25, -0.2) is 4.39 Å². The first-order chi connectivity index (χ1) is 9.67. The van der Waals surface area contributed by atoms with Crippen LogP contribution in [0.2, 0.25) is 0 Å². The van der Waals surface area contributed by atoms with E-state index in [4.69, 9.17) is 0 Å². The number of aliphatic hydroxyl groups excluding tert-OH is 1. The number of aliphatic hydroxyl groups is 1. The van der Waals surface area contributed by atoms with Crippen LogP contribution in [-0.2, 0) is 0 Å². The van der Waals surface area contributed by atoms with Crippen LogP contribution in [0.1, 0.15) is 58.6 Å². The predicted molar refractivity (Wildman–Crippen MR) is 84.6 cm³/mol. The second kappa shape index (κ2) is 6.05. The standard InChI is InChI=1S/C18H28FNO/c1-17(2)9-15(10-18(3,4)12-17)20-11-16(21)13-6-5-7-14(19)8-13/h5-8,15-16,20-21H,9-12H2,1-4H3. The molecule has 0 bridgehead atoms. The zero-order valence-corrected chi connectivity index (χ0v) is 13.6. The molecule has 1 aromatic carbocycles. The molecule has 0 aromatic heterocycles. The minimum atomic E-state index is -0.658. The van der Waals surface area contributed by atoms with Gasteiger partial charge in [0.2, 0.25) is 0 Å². The number of hydrogen-bond donors (Lipinski definition) is 2. The van der Waals surface area contributed by atoms with E-state index in [9.17, 15) is 9.50 Å². The molecule has 0 radical (unpaired) electrons. The Labute approximate surface area is 127 Å². The van der Waals surface area contributed by atoms with E-state index in [1.807, 2.05) is 0 Å². The summed E-state index contributed by atoms with van der Waals surface area (Å²) in [5.41, 5.74) is 1.28. The Kier molecular flexibility index (Phi) is 4.74. The summed E-state index contributed by atoms with van der Waals surface area (Å²) >= 11 is 0. The van der Waals surface area contributed by atoms with Crippen LogP contribution in [0, 0.1) is 16.6 Å². The van der Waals surface area contributed by atoms with Gasteiger partial charge in [0.05, 0.1) is 6.10 Å². The van der Waals surface area contributed by atoms with Crippen molar-refractivity contribution < 1.29 is 9.50 Å². The van der Waals surface area contributed by atoms with Gasteiger partial charge < -0.3 is 10.4 Å². The van der Waals surface area contributed by atoms with Gasteiger partial charge in [-0.3, -0.25) is 0 Å². The molecule has 3 heteroatoms. The minimum absolute atomic E-state index is 0.300. The molecular formula is C18H28FNO. The Morgan fingerprint density at radius 3 is 2.43 bits per heavy atom. The van der Waals surface area contributed by atoms with Gasteiger partial charge in [-0.1, -0.05) is 39.8 Å². The first-order valence-corrected chi connectivity index (χ1v) is 7.84. The lowest BCUT2D eigenvalue weighted by Crippen LogP contribution is -2.45.